The first-order valence-corrected chi connectivity index (χ1v) is 13.0. The predicted octanol–water partition coefficient (Wildman–Crippen LogP) is 3.87. The fourth-order valence-corrected chi connectivity index (χ4v) is 7.04. The molecule has 3 aromatic rings. The summed E-state index contributed by atoms with van der Waals surface area (Å²) in [4.78, 5) is 0.786. The molecule has 6 nitrogen and oxygen atoms in total. The van der Waals surface area contributed by atoms with E-state index in [2.05, 4.69) is 4.72 Å². The summed E-state index contributed by atoms with van der Waals surface area (Å²) in [7, 11) is -6.20. The van der Waals surface area contributed by atoms with Gasteiger partial charge in [-0.2, -0.15) is 0 Å². The predicted molar refractivity (Wildman–Crippen MR) is 118 cm³/mol. The highest BCUT2D eigenvalue weighted by Gasteiger charge is 2.31. The Morgan fingerprint density at radius 1 is 0.967 bits per heavy atom. The van der Waals surface area contributed by atoms with Crippen molar-refractivity contribution in [3.05, 3.63) is 76.0 Å². The van der Waals surface area contributed by atoms with Crippen molar-refractivity contribution in [2.24, 2.45) is 0 Å². The SMILES string of the molecule is COc1ccc(S(=O)(=O)NCC(c2cccs2)S(=O)(=O)c2ccc(C)cc2)cc1C. The van der Waals surface area contributed by atoms with Crippen LogP contribution in [0.1, 0.15) is 21.3 Å². The molecule has 0 bridgehead atoms. The van der Waals surface area contributed by atoms with Gasteiger partial charge < -0.3 is 4.74 Å². The van der Waals surface area contributed by atoms with Crippen molar-refractivity contribution in [3.8, 4) is 5.75 Å². The van der Waals surface area contributed by atoms with Gasteiger partial charge in [-0.1, -0.05) is 23.8 Å². The van der Waals surface area contributed by atoms with Crippen molar-refractivity contribution in [1.29, 1.82) is 0 Å². The molecule has 1 N–H and O–H groups in total. The second kappa shape index (κ2) is 8.89. The van der Waals surface area contributed by atoms with E-state index in [0.29, 0.717) is 16.2 Å². The molecule has 1 aromatic heterocycles. The Hall–Kier alpha value is -2.20. The van der Waals surface area contributed by atoms with E-state index in [0.717, 1.165) is 5.56 Å². The molecule has 2 aromatic carbocycles. The number of nitrogens with one attached hydrogen (secondary N) is 1. The molecule has 3 rings (SSSR count). The van der Waals surface area contributed by atoms with Crippen LogP contribution < -0.4 is 9.46 Å². The second-order valence-electron chi connectivity index (χ2n) is 6.85. The molecule has 1 atom stereocenters. The number of hydrogen-bond acceptors (Lipinski definition) is 6. The average Bonchev–Trinajstić information content (AvgIpc) is 3.22. The third-order valence-corrected chi connectivity index (χ3v) is 9.38. The van der Waals surface area contributed by atoms with Crippen molar-refractivity contribution in [2.75, 3.05) is 13.7 Å². The number of methoxy groups -OCH3 is 1. The molecule has 0 aliphatic rings. The van der Waals surface area contributed by atoms with Crippen LogP contribution >= 0.6 is 11.3 Å². The van der Waals surface area contributed by atoms with Crippen molar-refractivity contribution in [1.82, 2.24) is 4.72 Å². The fraction of sp³-hybridized carbons (Fsp3) is 0.238. The van der Waals surface area contributed by atoms with E-state index in [1.54, 1.807) is 54.8 Å². The van der Waals surface area contributed by atoms with E-state index in [4.69, 9.17) is 4.74 Å². The smallest absolute Gasteiger partial charge is 0.240 e. The molecule has 1 unspecified atom stereocenters. The van der Waals surface area contributed by atoms with Crippen LogP contribution in [-0.4, -0.2) is 30.5 Å². The lowest BCUT2D eigenvalue weighted by Crippen LogP contribution is -2.31. The molecular formula is C21H23NO5S3. The molecule has 0 saturated carbocycles. The van der Waals surface area contributed by atoms with Crippen LogP contribution in [0.3, 0.4) is 0 Å². The number of sulfone groups is 1. The minimum absolute atomic E-state index is 0.0541. The third-order valence-electron chi connectivity index (χ3n) is 4.72. The molecule has 1 heterocycles. The molecule has 9 heteroatoms. The first-order chi connectivity index (χ1) is 14.1. The van der Waals surface area contributed by atoms with Gasteiger partial charge in [-0.25, -0.2) is 21.6 Å². The molecule has 0 radical (unpaired) electrons. The molecule has 0 aliphatic carbocycles. The number of sulfonamides is 1. The van der Waals surface area contributed by atoms with Crippen LogP contribution in [0, 0.1) is 13.8 Å². The Bertz CT molecular complexity index is 1220. The van der Waals surface area contributed by atoms with Crippen molar-refractivity contribution in [2.45, 2.75) is 28.9 Å². The number of rotatable bonds is 8. The zero-order valence-electron chi connectivity index (χ0n) is 16.8. The Kier molecular flexibility index (Phi) is 6.66. The highest BCUT2D eigenvalue weighted by molar-refractivity contribution is 7.92. The molecular weight excluding hydrogens is 442 g/mol. The van der Waals surface area contributed by atoms with E-state index in [1.807, 2.05) is 6.92 Å². The van der Waals surface area contributed by atoms with E-state index < -0.39 is 25.1 Å². The third kappa shape index (κ3) is 4.75. The standard InChI is InChI=1S/C21H23NO5S3/c1-15-6-8-17(9-7-15)29(23,24)21(20-5-4-12-28-20)14-22-30(25,26)18-10-11-19(27-3)16(2)13-18/h4-13,21-22H,14H2,1-3H3. The first-order valence-electron chi connectivity index (χ1n) is 9.13. The van der Waals surface area contributed by atoms with Gasteiger partial charge in [0.2, 0.25) is 10.0 Å². The fourth-order valence-electron chi connectivity index (χ4n) is 3.02. The zero-order chi connectivity index (χ0) is 21.9. The van der Waals surface area contributed by atoms with Gasteiger partial charge in [0, 0.05) is 11.4 Å². The summed E-state index contributed by atoms with van der Waals surface area (Å²) in [5, 5.41) is 0.739. The summed E-state index contributed by atoms with van der Waals surface area (Å²) in [5.74, 6) is 0.576. The summed E-state index contributed by atoms with van der Waals surface area (Å²) in [6.45, 7) is 3.34. The van der Waals surface area contributed by atoms with Gasteiger partial charge in [0.05, 0.1) is 16.9 Å². The number of hydrogen-bond donors (Lipinski definition) is 1. The van der Waals surface area contributed by atoms with Gasteiger partial charge >= 0.3 is 0 Å². The van der Waals surface area contributed by atoms with E-state index in [1.165, 1.54) is 30.6 Å². The number of ether oxygens (including phenoxy) is 1. The summed E-state index contributed by atoms with van der Waals surface area (Å²) < 4.78 is 59.9. The second-order valence-corrected chi connectivity index (χ2v) is 11.7. The van der Waals surface area contributed by atoms with Crippen LogP contribution in [0.4, 0.5) is 0 Å². The monoisotopic (exact) mass is 465 g/mol. The number of benzene rings is 2. The minimum Gasteiger partial charge on any atom is -0.496 e. The zero-order valence-corrected chi connectivity index (χ0v) is 19.3. The normalized spacial score (nSPS) is 13.2. The molecule has 0 saturated heterocycles. The largest absolute Gasteiger partial charge is 0.496 e. The Balaban J connectivity index is 1.91. The summed E-state index contributed by atoms with van der Waals surface area (Å²) in [5.41, 5.74) is 1.61. The van der Waals surface area contributed by atoms with Crippen LogP contribution in [0.25, 0.3) is 0 Å². The Labute approximate surface area is 181 Å². The van der Waals surface area contributed by atoms with Gasteiger partial charge in [-0.15, -0.1) is 11.3 Å². The number of thiophene rings is 1. The van der Waals surface area contributed by atoms with Gasteiger partial charge in [0.1, 0.15) is 11.0 Å². The van der Waals surface area contributed by atoms with E-state index >= 15 is 0 Å². The highest BCUT2D eigenvalue weighted by atomic mass is 32.2. The van der Waals surface area contributed by atoms with Crippen molar-refractivity contribution < 1.29 is 21.6 Å². The first kappa shape index (κ1) is 22.5. The minimum atomic E-state index is -3.91. The van der Waals surface area contributed by atoms with E-state index in [9.17, 15) is 16.8 Å². The molecule has 30 heavy (non-hydrogen) atoms. The summed E-state index contributed by atoms with van der Waals surface area (Å²) in [6, 6.07) is 14.5. The quantitative estimate of drug-likeness (QED) is 0.546. The lowest BCUT2D eigenvalue weighted by atomic mass is 10.2. The van der Waals surface area contributed by atoms with Crippen molar-refractivity contribution in [3.63, 3.8) is 0 Å². The maximum Gasteiger partial charge on any atom is 0.240 e. The van der Waals surface area contributed by atoms with E-state index in [-0.39, 0.29) is 16.3 Å². The van der Waals surface area contributed by atoms with Gasteiger partial charge in [-0.3, -0.25) is 0 Å². The summed E-state index contributed by atoms with van der Waals surface area (Å²) in [6.07, 6.45) is 0. The Morgan fingerprint density at radius 2 is 1.63 bits per heavy atom. The van der Waals surface area contributed by atoms with Crippen LogP contribution in [0.5, 0.6) is 5.75 Å². The molecule has 0 amide bonds. The lowest BCUT2D eigenvalue weighted by Gasteiger charge is -2.18. The maximum absolute atomic E-state index is 13.3. The average molecular weight is 466 g/mol. The maximum atomic E-state index is 13.3. The van der Waals surface area contributed by atoms with Crippen LogP contribution in [-0.2, 0) is 19.9 Å². The van der Waals surface area contributed by atoms with Gasteiger partial charge in [-0.05, 0) is 61.2 Å². The highest BCUT2D eigenvalue weighted by Crippen LogP contribution is 2.32. The molecule has 0 fully saturated rings. The topological polar surface area (TPSA) is 89.5 Å². The van der Waals surface area contributed by atoms with Crippen molar-refractivity contribution >= 4 is 31.2 Å². The molecule has 160 valence electrons. The molecule has 0 aliphatic heterocycles. The lowest BCUT2D eigenvalue weighted by molar-refractivity contribution is 0.411. The Morgan fingerprint density at radius 3 is 2.20 bits per heavy atom. The molecule has 0 spiro atoms. The number of aryl methyl sites for hydroxylation is 2. The summed E-state index contributed by atoms with van der Waals surface area (Å²) >= 11 is 1.28. The van der Waals surface area contributed by atoms with Gasteiger partial charge in [0.15, 0.2) is 9.84 Å². The van der Waals surface area contributed by atoms with Crippen LogP contribution in [0.2, 0.25) is 0 Å². The van der Waals surface area contributed by atoms with Gasteiger partial charge in [0.25, 0.3) is 0 Å². The van der Waals surface area contributed by atoms with Crippen LogP contribution in [0.15, 0.2) is 69.8 Å².